The van der Waals surface area contributed by atoms with Crippen molar-refractivity contribution in [1.29, 1.82) is 0 Å². The lowest BCUT2D eigenvalue weighted by Gasteiger charge is -2.12. The van der Waals surface area contributed by atoms with Crippen LogP contribution in [0.1, 0.15) is 58.8 Å². The average molecular weight is 180 g/mol. The minimum absolute atomic E-state index is 0.992. The van der Waals surface area contributed by atoms with Crippen molar-refractivity contribution < 1.29 is 0 Å². The van der Waals surface area contributed by atoms with Gasteiger partial charge >= 0.3 is 0 Å². The fourth-order valence-corrected chi connectivity index (χ4v) is 2.35. The number of hydrogen-bond donors (Lipinski definition) is 0. The normalized spacial score (nSPS) is 30.6. The van der Waals surface area contributed by atoms with Gasteiger partial charge in [-0.1, -0.05) is 51.2 Å². The van der Waals surface area contributed by atoms with Gasteiger partial charge in [-0.3, -0.25) is 0 Å². The molecule has 0 spiro atoms. The average Bonchev–Trinajstić information content (AvgIpc) is 2.32. The molecule has 0 heteroatoms. The van der Waals surface area contributed by atoms with E-state index in [0.29, 0.717) is 0 Å². The first-order valence-corrected chi connectivity index (χ1v) is 5.94. The van der Waals surface area contributed by atoms with Gasteiger partial charge in [-0.2, -0.15) is 0 Å². The quantitative estimate of drug-likeness (QED) is 0.441. The molecule has 0 aromatic carbocycles. The van der Waals surface area contributed by atoms with Gasteiger partial charge < -0.3 is 0 Å². The monoisotopic (exact) mass is 180 g/mol. The van der Waals surface area contributed by atoms with Gasteiger partial charge in [0.15, 0.2) is 0 Å². The van der Waals surface area contributed by atoms with E-state index in [4.69, 9.17) is 0 Å². The highest BCUT2D eigenvalue weighted by atomic mass is 14.2. The topological polar surface area (TPSA) is 0 Å². The summed E-state index contributed by atoms with van der Waals surface area (Å²) in [4.78, 5) is 0. The van der Waals surface area contributed by atoms with Crippen LogP contribution >= 0.6 is 0 Å². The zero-order chi connectivity index (χ0) is 9.52. The van der Waals surface area contributed by atoms with Crippen LogP contribution in [-0.2, 0) is 0 Å². The molecule has 0 aliphatic heterocycles. The minimum Gasteiger partial charge on any atom is -0.0917 e. The molecule has 1 fully saturated rings. The largest absolute Gasteiger partial charge is 0.0917 e. The van der Waals surface area contributed by atoms with Gasteiger partial charge in [0.2, 0.25) is 0 Å². The van der Waals surface area contributed by atoms with Gasteiger partial charge in [0, 0.05) is 0 Å². The van der Waals surface area contributed by atoms with E-state index in [-0.39, 0.29) is 0 Å². The van der Waals surface area contributed by atoms with Gasteiger partial charge in [0.25, 0.3) is 0 Å². The maximum absolute atomic E-state index is 2.41. The first kappa shape index (κ1) is 10.8. The molecule has 0 bridgehead atoms. The van der Waals surface area contributed by atoms with Crippen molar-refractivity contribution in [2.24, 2.45) is 11.8 Å². The molecule has 0 radical (unpaired) electrons. The predicted molar refractivity (Wildman–Crippen MR) is 59.8 cm³/mol. The zero-order valence-corrected chi connectivity index (χ0v) is 9.26. The Hall–Kier alpha value is -0.260. The van der Waals surface area contributed by atoms with Crippen LogP contribution in [-0.4, -0.2) is 0 Å². The molecule has 0 saturated heterocycles. The molecule has 1 saturated carbocycles. The summed E-state index contributed by atoms with van der Waals surface area (Å²) in [5.41, 5.74) is 0. The van der Waals surface area contributed by atoms with E-state index < -0.39 is 0 Å². The smallest absolute Gasteiger partial charge is 0.0348 e. The summed E-state index contributed by atoms with van der Waals surface area (Å²) in [5.74, 6) is 2.02. The van der Waals surface area contributed by atoms with Crippen molar-refractivity contribution in [2.75, 3.05) is 0 Å². The third-order valence-electron chi connectivity index (χ3n) is 3.35. The Morgan fingerprint density at radius 1 is 1.15 bits per heavy atom. The van der Waals surface area contributed by atoms with Crippen molar-refractivity contribution in [3.05, 3.63) is 12.2 Å². The van der Waals surface area contributed by atoms with Crippen LogP contribution in [0.25, 0.3) is 0 Å². The summed E-state index contributed by atoms with van der Waals surface area (Å²) < 4.78 is 0. The summed E-state index contributed by atoms with van der Waals surface area (Å²) in [6.07, 6.45) is 14.6. The molecule has 76 valence electrons. The predicted octanol–water partition coefficient (Wildman–Crippen LogP) is 4.56. The summed E-state index contributed by atoms with van der Waals surface area (Å²) >= 11 is 0. The van der Waals surface area contributed by atoms with Crippen LogP contribution in [0.2, 0.25) is 0 Å². The molecule has 1 aliphatic carbocycles. The van der Waals surface area contributed by atoms with Crippen LogP contribution in [0.4, 0.5) is 0 Å². The Balaban J connectivity index is 2.18. The van der Waals surface area contributed by atoms with Crippen molar-refractivity contribution in [3.8, 4) is 0 Å². The first-order valence-electron chi connectivity index (χ1n) is 5.94. The fourth-order valence-electron chi connectivity index (χ4n) is 2.35. The standard InChI is InChI=1S/C13H24/c1-3-4-5-8-13-9-6-7-12(2)10-11-13/h3-4,12-13H,5-11H2,1-2H3/b4-3+. The summed E-state index contributed by atoms with van der Waals surface area (Å²) in [6.45, 7) is 4.53. The van der Waals surface area contributed by atoms with E-state index >= 15 is 0 Å². The number of allylic oxidation sites excluding steroid dienone is 2. The molecule has 2 unspecified atom stereocenters. The molecular formula is C13H24. The van der Waals surface area contributed by atoms with Crippen LogP contribution in [0, 0.1) is 11.8 Å². The second kappa shape index (κ2) is 6.23. The van der Waals surface area contributed by atoms with Crippen molar-refractivity contribution in [2.45, 2.75) is 58.8 Å². The van der Waals surface area contributed by atoms with E-state index in [2.05, 4.69) is 26.0 Å². The van der Waals surface area contributed by atoms with Crippen LogP contribution in [0.3, 0.4) is 0 Å². The van der Waals surface area contributed by atoms with E-state index in [1.807, 2.05) is 0 Å². The molecule has 13 heavy (non-hydrogen) atoms. The molecule has 0 aromatic rings. The fraction of sp³-hybridized carbons (Fsp3) is 0.846. The SMILES string of the molecule is C/C=C/CCC1CCCC(C)CC1. The Kier molecular flexibility index (Phi) is 5.19. The van der Waals surface area contributed by atoms with E-state index in [0.717, 1.165) is 11.8 Å². The molecular weight excluding hydrogens is 156 g/mol. The van der Waals surface area contributed by atoms with Crippen molar-refractivity contribution in [3.63, 3.8) is 0 Å². The Labute approximate surface area is 83.4 Å². The molecule has 0 amide bonds. The summed E-state index contributed by atoms with van der Waals surface area (Å²) in [6, 6.07) is 0. The van der Waals surface area contributed by atoms with Gasteiger partial charge in [-0.15, -0.1) is 0 Å². The number of rotatable bonds is 3. The Bertz CT molecular complexity index is 146. The van der Waals surface area contributed by atoms with Crippen molar-refractivity contribution >= 4 is 0 Å². The molecule has 0 heterocycles. The maximum atomic E-state index is 2.41. The van der Waals surface area contributed by atoms with E-state index in [9.17, 15) is 0 Å². The highest BCUT2D eigenvalue weighted by molar-refractivity contribution is 4.79. The minimum atomic E-state index is 0.992. The summed E-state index contributed by atoms with van der Waals surface area (Å²) in [7, 11) is 0. The van der Waals surface area contributed by atoms with Crippen molar-refractivity contribution in [1.82, 2.24) is 0 Å². The molecule has 0 aromatic heterocycles. The van der Waals surface area contributed by atoms with E-state index in [1.54, 1.807) is 0 Å². The molecule has 0 nitrogen and oxygen atoms in total. The molecule has 1 aliphatic rings. The van der Waals surface area contributed by atoms with Crippen LogP contribution < -0.4 is 0 Å². The third-order valence-corrected chi connectivity index (χ3v) is 3.35. The lowest BCUT2D eigenvalue weighted by molar-refractivity contribution is 0.421. The number of hydrogen-bond acceptors (Lipinski definition) is 0. The second-order valence-corrected chi connectivity index (χ2v) is 4.63. The second-order valence-electron chi connectivity index (χ2n) is 4.63. The Morgan fingerprint density at radius 2 is 2.00 bits per heavy atom. The molecule has 2 atom stereocenters. The maximum Gasteiger partial charge on any atom is -0.0348 e. The van der Waals surface area contributed by atoms with Crippen LogP contribution in [0.5, 0.6) is 0 Å². The summed E-state index contributed by atoms with van der Waals surface area (Å²) in [5, 5.41) is 0. The first-order chi connectivity index (χ1) is 6.33. The molecule has 0 N–H and O–H groups in total. The lowest BCUT2D eigenvalue weighted by atomic mass is 9.94. The molecule has 1 rings (SSSR count). The zero-order valence-electron chi connectivity index (χ0n) is 9.26. The van der Waals surface area contributed by atoms with Gasteiger partial charge in [0.1, 0.15) is 0 Å². The van der Waals surface area contributed by atoms with Gasteiger partial charge in [0.05, 0.1) is 0 Å². The Morgan fingerprint density at radius 3 is 2.77 bits per heavy atom. The van der Waals surface area contributed by atoms with E-state index in [1.165, 1.54) is 44.9 Å². The van der Waals surface area contributed by atoms with Crippen LogP contribution in [0.15, 0.2) is 12.2 Å². The third kappa shape index (κ3) is 4.50. The van der Waals surface area contributed by atoms with Gasteiger partial charge in [-0.05, 0) is 31.6 Å². The lowest BCUT2D eigenvalue weighted by Crippen LogP contribution is -1.98. The highest BCUT2D eigenvalue weighted by Crippen LogP contribution is 2.29. The van der Waals surface area contributed by atoms with Gasteiger partial charge in [-0.25, -0.2) is 0 Å². The highest BCUT2D eigenvalue weighted by Gasteiger charge is 2.14.